The molecule has 0 saturated carbocycles. The fourth-order valence-electron chi connectivity index (χ4n) is 1.18. The number of pyridine rings is 1. The van der Waals surface area contributed by atoms with E-state index in [-0.39, 0.29) is 11.9 Å². The molecule has 0 aliphatic carbocycles. The Labute approximate surface area is 84.6 Å². The lowest BCUT2D eigenvalue weighted by Gasteiger charge is -2.07. The van der Waals surface area contributed by atoms with Crippen LogP contribution in [0, 0.1) is 0 Å². The van der Waals surface area contributed by atoms with E-state index in [0.29, 0.717) is 12.8 Å². The van der Waals surface area contributed by atoms with Gasteiger partial charge in [-0.3, -0.25) is 9.78 Å². The van der Waals surface area contributed by atoms with Crippen LogP contribution in [0.2, 0.25) is 0 Å². The van der Waals surface area contributed by atoms with Gasteiger partial charge in [0.25, 0.3) is 0 Å². The Bertz CT molecular complexity index is 283. The van der Waals surface area contributed by atoms with Gasteiger partial charge in [-0.1, -0.05) is 6.07 Å². The van der Waals surface area contributed by atoms with Crippen molar-refractivity contribution in [3.8, 4) is 0 Å². The molecule has 14 heavy (non-hydrogen) atoms. The van der Waals surface area contributed by atoms with E-state index in [9.17, 15) is 4.79 Å². The van der Waals surface area contributed by atoms with Crippen molar-refractivity contribution in [2.45, 2.75) is 32.7 Å². The summed E-state index contributed by atoms with van der Waals surface area (Å²) >= 11 is 0. The van der Waals surface area contributed by atoms with Crippen LogP contribution in [-0.4, -0.2) is 16.9 Å². The van der Waals surface area contributed by atoms with Crippen molar-refractivity contribution in [1.82, 2.24) is 10.3 Å². The highest BCUT2D eigenvalue weighted by atomic mass is 16.1. The molecule has 0 atom stereocenters. The topological polar surface area (TPSA) is 42.0 Å². The first kappa shape index (κ1) is 10.7. The quantitative estimate of drug-likeness (QED) is 0.786. The summed E-state index contributed by atoms with van der Waals surface area (Å²) in [7, 11) is 0. The standard InChI is InChI=1S/C11H16N2O/c1-9(2)13-11(14)7-6-10-5-3-4-8-12-10/h3-5,8-9H,6-7H2,1-2H3,(H,13,14). The van der Waals surface area contributed by atoms with Crippen LogP contribution in [-0.2, 0) is 11.2 Å². The summed E-state index contributed by atoms with van der Waals surface area (Å²) < 4.78 is 0. The first-order chi connectivity index (χ1) is 6.68. The molecule has 1 aromatic rings. The van der Waals surface area contributed by atoms with Crippen LogP contribution in [0.25, 0.3) is 0 Å². The lowest BCUT2D eigenvalue weighted by Crippen LogP contribution is -2.30. The van der Waals surface area contributed by atoms with Gasteiger partial charge in [-0.2, -0.15) is 0 Å². The minimum Gasteiger partial charge on any atom is -0.354 e. The minimum atomic E-state index is 0.0886. The van der Waals surface area contributed by atoms with Gasteiger partial charge < -0.3 is 5.32 Å². The molecular formula is C11H16N2O. The van der Waals surface area contributed by atoms with Crippen molar-refractivity contribution in [3.63, 3.8) is 0 Å². The molecule has 76 valence electrons. The number of carbonyl (C=O) groups is 1. The second kappa shape index (κ2) is 5.37. The second-order valence-corrected chi connectivity index (χ2v) is 3.54. The van der Waals surface area contributed by atoms with E-state index in [4.69, 9.17) is 0 Å². The summed E-state index contributed by atoms with van der Waals surface area (Å²) in [5.41, 5.74) is 0.964. The fraction of sp³-hybridized carbons (Fsp3) is 0.455. The van der Waals surface area contributed by atoms with Crippen LogP contribution in [0.3, 0.4) is 0 Å². The molecule has 3 heteroatoms. The number of hydrogen-bond donors (Lipinski definition) is 1. The zero-order valence-corrected chi connectivity index (χ0v) is 8.66. The van der Waals surface area contributed by atoms with Crippen molar-refractivity contribution in [2.75, 3.05) is 0 Å². The highest BCUT2D eigenvalue weighted by Crippen LogP contribution is 1.98. The number of nitrogens with one attached hydrogen (secondary N) is 1. The summed E-state index contributed by atoms with van der Waals surface area (Å²) in [6.07, 6.45) is 2.96. The van der Waals surface area contributed by atoms with Crippen LogP contribution in [0.15, 0.2) is 24.4 Å². The Kier molecular flexibility index (Phi) is 4.11. The zero-order valence-electron chi connectivity index (χ0n) is 8.66. The summed E-state index contributed by atoms with van der Waals surface area (Å²) in [4.78, 5) is 15.4. The number of nitrogens with zero attached hydrogens (tertiary/aromatic N) is 1. The normalized spacial score (nSPS) is 10.2. The van der Waals surface area contributed by atoms with Gasteiger partial charge in [-0.15, -0.1) is 0 Å². The molecule has 1 N–H and O–H groups in total. The predicted octanol–water partition coefficient (Wildman–Crippen LogP) is 1.54. The SMILES string of the molecule is CC(C)NC(=O)CCc1ccccn1. The van der Waals surface area contributed by atoms with Gasteiger partial charge in [0.15, 0.2) is 0 Å². The fourth-order valence-corrected chi connectivity index (χ4v) is 1.18. The maximum atomic E-state index is 11.3. The summed E-state index contributed by atoms with van der Waals surface area (Å²) in [6, 6.07) is 5.95. The molecule has 0 aliphatic heterocycles. The molecule has 0 aromatic carbocycles. The van der Waals surface area contributed by atoms with Crippen LogP contribution < -0.4 is 5.32 Å². The van der Waals surface area contributed by atoms with E-state index in [0.717, 1.165) is 5.69 Å². The van der Waals surface area contributed by atoms with Gasteiger partial charge >= 0.3 is 0 Å². The second-order valence-electron chi connectivity index (χ2n) is 3.54. The Morgan fingerprint density at radius 2 is 2.29 bits per heavy atom. The van der Waals surface area contributed by atoms with E-state index in [2.05, 4.69) is 10.3 Å². The lowest BCUT2D eigenvalue weighted by atomic mass is 10.2. The zero-order chi connectivity index (χ0) is 10.4. The van der Waals surface area contributed by atoms with Crippen molar-refractivity contribution in [2.24, 2.45) is 0 Å². The molecule has 0 aliphatic rings. The van der Waals surface area contributed by atoms with Gasteiger partial charge in [-0.05, 0) is 32.4 Å². The van der Waals surface area contributed by atoms with Crippen molar-refractivity contribution >= 4 is 5.91 Å². The maximum absolute atomic E-state index is 11.3. The first-order valence-corrected chi connectivity index (χ1v) is 4.88. The Morgan fingerprint density at radius 3 is 2.86 bits per heavy atom. The van der Waals surface area contributed by atoms with Crippen molar-refractivity contribution in [1.29, 1.82) is 0 Å². The van der Waals surface area contributed by atoms with Crippen LogP contribution in [0.4, 0.5) is 0 Å². The van der Waals surface area contributed by atoms with Gasteiger partial charge in [0.05, 0.1) is 0 Å². The predicted molar refractivity (Wildman–Crippen MR) is 55.8 cm³/mol. The number of amides is 1. The largest absolute Gasteiger partial charge is 0.354 e. The van der Waals surface area contributed by atoms with Crippen molar-refractivity contribution < 1.29 is 4.79 Å². The molecule has 1 aromatic heterocycles. The monoisotopic (exact) mass is 192 g/mol. The number of hydrogen-bond acceptors (Lipinski definition) is 2. The van der Waals surface area contributed by atoms with E-state index in [1.807, 2.05) is 32.0 Å². The summed E-state index contributed by atoms with van der Waals surface area (Å²) in [5, 5.41) is 2.85. The summed E-state index contributed by atoms with van der Waals surface area (Å²) in [5.74, 6) is 0.0886. The Hall–Kier alpha value is -1.38. The van der Waals surface area contributed by atoms with Gasteiger partial charge in [0, 0.05) is 24.4 Å². The molecule has 1 heterocycles. The highest BCUT2D eigenvalue weighted by Gasteiger charge is 2.03. The molecule has 1 rings (SSSR count). The summed E-state index contributed by atoms with van der Waals surface area (Å²) in [6.45, 7) is 3.91. The Balaban J connectivity index is 2.31. The van der Waals surface area contributed by atoms with E-state index in [1.165, 1.54) is 0 Å². The average Bonchev–Trinajstić information content (AvgIpc) is 2.15. The third-order valence-electron chi connectivity index (χ3n) is 1.78. The molecule has 0 spiro atoms. The molecule has 0 saturated heterocycles. The van der Waals surface area contributed by atoms with E-state index >= 15 is 0 Å². The minimum absolute atomic E-state index is 0.0886. The van der Waals surface area contributed by atoms with Crippen molar-refractivity contribution in [3.05, 3.63) is 30.1 Å². The van der Waals surface area contributed by atoms with Crippen LogP contribution in [0.5, 0.6) is 0 Å². The maximum Gasteiger partial charge on any atom is 0.220 e. The lowest BCUT2D eigenvalue weighted by molar-refractivity contribution is -0.121. The molecule has 0 radical (unpaired) electrons. The molecule has 0 bridgehead atoms. The average molecular weight is 192 g/mol. The van der Waals surface area contributed by atoms with Crippen LogP contribution >= 0.6 is 0 Å². The number of carbonyl (C=O) groups excluding carboxylic acids is 1. The highest BCUT2D eigenvalue weighted by molar-refractivity contribution is 5.76. The van der Waals surface area contributed by atoms with Crippen LogP contribution in [0.1, 0.15) is 26.0 Å². The van der Waals surface area contributed by atoms with Gasteiger partial charge in [-0.25, -0.2) is 0 Å². The number of aromatic nitrogens is 1. The number of aryl methyl sites for hydroxylation is 1. The van der Waals surface area contributed by atoms with E-state index < -0.39 is 0 Å². The van der Waals surface area contributed by atoms with E-state index in [1.54, 1.807) is 6.20 Å². The molecule has 0 fully saturated rings. The third kappa shape index (κ3) is 4.03. The smallest absolute Gasteiger partial charge is 0.220 e. The molecule has 0 unspecified atom stereocenters. The molecule has 3 nitrogen and oxygen atoms in total. The Morgan fingerprint density at radius 1 is 1.50 bits per heavy atom. The molecule has 1 amide bonds. The number of rotatable bonds is 4. The van der Waals surface area contributed by atoms with Gasteiger partial charge in [0.1, 0.15) is 0 Å². The molecular weight excluding hydrogens is 176 g/mol. The van der Waals surface area contributed by atoms with Gasteiger partial charge in [0.2, 0.25) is 5.91 Å². The third-order valence-corrected chi connectivity index (χ3v) is 1.78. The first-order valence-electron chi connectivity index (χ1n) is 4.88.